The lowest BCUT2D eigenvalue weighted by Crippen LogP contribution is -2.70. The number of carbonyl (C=O) groups excluding carboxylic acids is 1. The Balaban J connectivity index is 1.95. The molecule has 21 heavy (non-hydrogen) atoms. The van der Waals surface area contributed by atoms with Crippen LogP contribution in [0.25, 0.3) is 0 Å². The van der Waals surface area contributed by atoms with Gasteiger partial charge < -0.3 is 24.8 Å². The minimum absolute atomic E-state index is 0.339. The lowest BCUT2D eigenvalue weighted by molar-refractivity contribution is -0.244. The van der Waals surface area contributed by atoms with Crippen LogP contribution in [0, 0.1) is 10.8 Å². The first-order valence-corrected chi connectivity index (χ1v) is 7.33. The number of Topliss-reactive ketones (excluding diaryl/α,β-unsaturated/α-hetero) is 1. The van der Waals surface area contributed by atoms with Crippen molar-refractivity contribution in [2.24, 2.45) is 10.8 Å². The van der Waals surface area contributed by atoms with Gasteiger partial charge in [0, 0.05) is 5.41 Å². The van der Waals surface area contributed by atoms with Gasteiger partial charge in [-0.2, -0.15) is 0 Å². The molecule has 0 radical (unpaired) electrons. The predicted molar refractivity (Wildman–Crippen MR) is 70.4 cm³/mol. The molecule has 2 bridgehead atoms. The third kappa shape index (κ3) is 1.22. The van der Waals surface area contributed by atoms with Crippen molar-refractivity contribution < 1.29 is 29.6 Å². The average molecular weight is 296 g/mol. The van der Waals surface area contributed by atoms with Crippen LogP contribution in [0.1, 0.15) is 20.3 Å². The SMILES string of the molecule is CC1=C[C@@H]2O[C@@H]3[C@H](O)C[C@](C)(C34CO4)[C@@]2(CO)[C@H](O)C1=O. The standard InChI is InChI=1S/C15H20O6/c1-7-3-9-14(5-16,11(19)10(7)18)13(2)4-8(17)12(21-9)15(13)6-20-15/h3,8-9,11-12,16-17,19H,4-6H2,1-2H3/t8-,9+,11-,12-,13+,14-,15?/m1/s1. The van der Waals surface area contributed by atoms with E-state index in [4.69, 9.17) is 9.47 Å². The van der Waals surface area contributed by atoms with Crippen molar-refractivity contribution in [3.63, 3.8) is 0 Å². The Kier molecular flexibility index (Phi) is 2.47. The molecule has 2 aliphatic heterocycles. The number of ether oxygens (including phenoxy) is 2. The van der Waals surface area contributed by atoms with Crippen LogP contribution in [0.5, 0.6) is 0 Å². The second-order valence-electron chi connectivity index (χ2n) is 7.07. The number of rotatable bonds is 1. The van der Waals surface area contributed by atoms with Crippen molar-refractivity contribution in [1.29, 1.82) is 0 Å². The zero-order valence-corrected chi connectivity index (χ0v) is 12.1. The van der Waals surface area contributed by atoms with Gasteiger partial charge in [0.05, 0.1) is 30.8 Å². The first-order valence-electron chi connectivity index (χ1n) is 7.33. The summed E-state index contributed by atoms with van der Waals surface area (Å²) in [6.07, 6.45) is -1.14. The molecule has 2 saturated heterocycles. The smallest absolute Gasteiger partial charge is 0.187 e. The Labute approximate surface area is 122 Å². The molecule has 2 aliphatic carbocycles. The topological polar surface area (TPSA) is 99.5 Å². The number of ketones is 1. The summed E-state index contributed by atoms with van der Waals surface area (Å²) in [5, 5.41) is 31.1. The molecular weight excluding hydrogens is 276 g/mol. The highest BCUT2D eigenvalue weighted by atomic mass is 16.6. The predicted octanol–water partition coefficient (Wildman–Crippen LogP) is -0.838. The Morgan fingerprint density at radius 2 is 2.10 bits per heavy atom. The quantitative estimate of drug-likeness (QED) is 0.546. The number of fused-ring (bicyclic) bond motifs is 2. The Hall–Kier alpha value is -0.790. The van der Waals surface area contributed by atoms with E-state index in [0.29, 0.717) is 18.6 Å². The van der Waals surface area contributed by atoms with Crippen molar-refractivity contribution in [2.45, 2.75) is 50.3 Å². The summed E-state index contributed by atoms with van der Waals surface area (Å²) >= 11 is 0. The van der Waals surface area contributed by atoms with Gasteiger partial charge in [0.15, 0.2) is 5.78 Å². The van der Waals surface area contributed by atoms with Crippen LogP contribution in [0.4, 0.5) is 0 Å². The maximum atomic E-state index is 12.3. The highest BCUT2D eigenvalue weighted by molar-refractivity contribution is 6.00. The van der Waals surface area contributed by atoms with Crippen LogP contribution in [0.15, 0.2) is 11.6 Å². The number of aliphatic hydroxyl groups excluding tert-OH is 3. The van der Waals surface area contributed by atoms with Crippen molar-refractivity contribution in [1.82, 2.24) is 0 Å². The molecule has 1 spiro atoms. The summed E-state index contributed by atoms with van der Waals surface area (Å²) in [5.74, 6) is -0.388. The van der Waals surface area contributed by atoms with E-state index in [0.717, 1.165) is 0 Å². The van der Waals surface area contributed by atoms with E-state index in [1.165, 1.54) is 0 Å². The molecule has 0 aromatic heterocycles. The molecule has 6 heteroatoms. The van der Waals surface area contributed by atoms with Gasteiger partial charge in [0.1, 0.15) is 17.8 Å². The Morgan fingerprint density at radius 3 is 2.67 bits per heavy atom. The summed E-state index contributed by atoms with van der Waals surface area (Å²) in [5.41, 5.74) is -2.16. The van der Waals surface area contributed by atoms with E-state index in [9.17, 15) is 20.1 Å². The molecule has 2 heterocycles. The molecule has 1 unspecified atom stereocenters. The summed E-state index contributed by atoms with van der Waals surface area (Å²) in [7, 11) is 0. The lowest BCUT2D eigenvalue weighted by Gasteiger charge is -2.58. The molecule has 6 nitrogen and oxygen atoms in total. The van der Waals surface area contributed by atoms with Gasteiger partial charge in [-0.1, -0.05) is 6.92 Å². The van der Waals surface area contributed by atoms with E-state index in [1.807, 2.05) is 6.92 Å². The fourth-order valence-corrected chi connectivity index (χ4v) is 5.02. The van der Waals surface area contributed by atoms with Crippen LogP contribution in [0.2, 0.25) is 0 Å². The molecule has 1 saturated carbocycles. The van der Waals surface area contributed by atoms with Crippen LogP contribution in [-0.2, 0) is 14.3 Å². The first kappa shape index (κ1) is 13.8. The number of epoxide rings is 1. The zero-order chi connectivity index (χ0) is 15.2. The maximum Gasteiger partial charge on any atom is 0.187 e. The second kappa shape index (κ2) is 3.75. The third-order valence-corrected chi connectivity index (χ3v) is 6.43. The van der Waals surface area contributed by atoms with Gasteiger partial charge >= 0.3 is 0 Å². The monoisotopic (exact) mass is 296 g/mol. The average Bonchev–Trinajstić information content (AvgIpc) is 3.20. The van der Waals surface area contributed by atoms with Gasteiger partial charge in [-0.25, -0.2) is 0 Å². The number of hydrogen-bond donors (Lipinski definition) is 3. The molecule has 4 aliphatic rings. The molecule has 0 aromatic carbocycles. The van der Waals surface area contributed by atoms with Gasteiger partial charge in [0.2, 0.25) is 0 Å². The molecule has 7 atom stereocenters. The number of hydrogen-bond acceptors (Lipinski definition) is 6. The second-order valence-corrected chi connectivity index (χ2v) is 7.07. The summed E-state index contributed by atoms with van der Waals surface area (Å²) in [6.45, 7) is 3.55. The van der Waals surface area contributed by atoms with Crippen molar-refractivity contribution in [3.05, 3.63) is 11.6 Å². The summed E-state index contributed by atoms with van der Waals surface area (Å²) < 4.78 is 11.6. The Morgan fingerprint density at radius 1 is 1.43 bits per heavy atom. The van der Waals surface area contributed by atoms with Crippen molar-refractivity contribution >= 4 is 5.78 Å². The number of aliphatic hydroxyl groups is 3. The van der Waals surface area contributed by atoms with E-state index >= 15 is 0 Å². The highest BCUT2D eigenvalue weighted by Crippen LogP contribution is 2.70. The Bertz CT molecular complexity index is 552. The highest BCUT2D eigenvalue weighted by Gasteiger charge is 2.83. The normalized spacial score (nSPS) is 58.1. The van der Waals surface area contributed by atoms with Crippen molar-refractivity contribution in [3.8, 4) is 0 Å². The van der Waals surface area contributed by atoms with E-state index in [-0.39, 0.29) is 5.78 Å². The van der Waals surface area contributed by atoms with Gasteiger partial charge in [0.25, 0.3) is 0 Å². The van der Waals surface area contributed by atoms with Gasteiger partial charge in [-0.05, 0) is 25.0 Å². The van der Waals surface area contributed by atoms with Crippen molar-refractivity contribution in [2.75, 3.05) is 13.2 Å². The third-order valence-electron chi connectivity index (χ3n) is 6.43. The molecule has 0 aromatic rings. The van der Waals surface area contributed by atoms with Gasteiger partial charge in [-0.15, -0.1) is 0 Å². The molecule has 3 N–H and O–H groups in total. The molecular formula is C15H20O6. The van der Waals surface area contributed by atoms with Crippen LogP contribution in [-0.4, -0.2) is 64.3 Å². The fraction of sp³-hybridized carbons (Fsp3) is 0.800. The minimum atomic E-state index is -1.35. The van der Waals surface area contributed by atoms with Crippen LogP contribution >= 0.6 is 0 Å². The minimum Gasteiger partial charge on any atom is -0.396 e. The number of carbonyl (C=O) groups is 1. The molecule has 0 amide bonds. The molecule has 3 fully saturated rings. The van der Waals surface area contributed by atoms with Crippen LogP contribution < -0.4 is 0 Å². The lowest BCUT2D eigenvalue weighted by atomic mass is 9.50. The van der Waals surface area contributed by atoms with Gasteiger partial charge in [-0.3, -0.25) is 4.79 Å². The largest absolute Gasteiger partial charge is 0.396 e. The van der Waals surface area contributed by atoms with E-state index < -0.39 is 47.5 Å². The summed E-state index contributed by atoms with van der Waals surface area (Å²) in [6, 6.07) is 0. The molecule has 4 rings (SSSR count). The van der Waals surface area contributed by atoms with E-state index in [1.54, 1.807) is 13.0 Å². The summed E-state index contributed by atoms with van der Waals surface area (Å²) in [4.78, 5) is 12.3. The fourth-order valence-electron chi connectivity index (χ4n) is 5.02. The zero-order valence-electron chi connectivity index (χ0n) is 12.1. The van der Waals surface area contributed by atoms with E-state index in [2.05, 4.69) is 0 Å². The van der Waals surface area contributed by atoms with Crippen LogP contribution in [0.3, 0.4) is 0 Å². The first-order chi connectivity index (χ1) is 9.84. The molecule has 116 valence electrons. The maximum absolute atomic E-state index is 12.3.